The Bertz CT molecular complexity index is 681. The number of anilines is 1. The molecule has 110 valence electrons. The Labute approximate surface area is 119 Å². The molecule has 0 unspecified atom stereocenters. The van der Waals surface area contributed by atoms with Crippen LogP contribution in [0.1, 0.15) is 21.9 Å². The standard InChI is InChI=1S/C14H13FN2O4/c1-8-2-3-9(15)6-11(8)17-14(20)16-7-10-4-5-12(21-10)13(18)19/h2-6H,7H2,1H3,(H,18,19)(H2,16,17,20). The molecular weight excluding hydrogens is 279 g/mol. The van der Waals surface area contributed by atoms with Crippen LogP contribution in [0, 0.1) is 12.7 Å². The fourth-order valence-electron chi connectivity index (χ4n) is 1.65. The first-order valence-electron chi connectivity index (χ1n) is 6.08. The summed E-state index contributed by atoms with van der Waals surface area (Å²) in [6.07, 6.45) is 0. The zero-order valence-corrected chi connectivity index (χ0v) is 11.1. The number of furan rings is 1. The lowest BCUT2D eigenvalue weighted by Crippen LogP contribution is -2.28. The van der Waals surface area contributed by atoms with Crippen molar-refractivity contribution in [3.05, 3.63) is 53.2 Å². The lowest BCUT2D eigenvalue weighted by Gasteiger charge is -2.09. The van der Waals surface area contributed by atoms with Crippen molar-refractivity contribution >= 4 is 17.7 Å². The molecule has 2 aromatic rings. The fourth-order valence-corrected chi connectivity index (χ4v) is 1.65. The van der Waals surface area contributed by atoms with Crippen LogP contribution in [0.2, 0.25) is 0 Å². The van der Waals surface area contributed by atoms with E-state index in [0.717, 1.165) is 5.56 Å². The highest BCUT2D eigenvalue weighted by molar-refractivity contribution is 5.90. The molecule has 7 heteroatoms. The van der Waals surface area contributed by atoms with E-state index in [-0.39, 0.29) is 12.3 Å². The summed E-state index contributed by atoms with van der Waals surface area (Å²) in [5, 5.41) is 13.7. The first kappa shape index (κ1) is 14.6. The van der Waals surface area contributed by atoms with E-state index in [1.165, 1.54) is 24.3 Å². The Morgan fingerprint density at radius 1 is 1.29 bits per heavy atom. The van der Waals surface area contributed by atoms with E-state index in [1.54, 1.807) is 13.0 Å². The van der Waals surface area contributed by atoms with Gasteiger partial charge in [-0.1, -0.05) is 6.07 Å². The van der Waals surface area contributed by atoms with Gasteiger partial charge in [0.25, 0.3) is 0 Å². The molecule has 3 N–H and O–H groups in total. The van der Waals surface area contributed by atoms with Crippen molar-refractivity contribution in [1.82, 2.24) is 5.32 Å². The summed E-state index contributed by atoms with van der Waals surface area (Å²) in [7, 11) is 0. The number of carbonyl (C=O) groups excluding carboxylic acids is 1. The highest BCUT2D eigenvalue weighted by Crippen LogP contribution is 2.15. The largest absolute Gasteiger partial charge is 0.475 e. The second-order valence-corrected chi connectivity index (χ2v) is 4.34. The molecule has 0 radical (unpaired) electrons. The number of nitrogens with one attached hydrogen (secondary N) is 2. The lowest BCUT2D eigenvalue weighted by atomic mass is 10.2. The third kappa shape index (κ3) is 3.82. The van der Waals surface area contributed by atoms with Crippen molar-refractivity contribution in [2.75, 3.05) is 5.32 Å². The van der Waals surface area contributed by atoms with Crippen molar-refractivity contribution in [3.8, 4) is 0 Å². The van der Waals surface area contributed by atoms with E-state index in [4.69, 9.17) is 9.52 Å². The third-order valence-electron chi connectivity index (χ3n) is 2.74. The molecule has 21 heavy (non-hydrogen) atoms. The van der Waals surface area contributed by atoms with Crippen LogP contribution < -0.4 is 10.6 Å². The lowest BCUT2D eigenvalue weighted by molar-refractivity contribution is 0.0660. The van der Waals surface area contributed by atoms with Crippen molar-refractivity contribution in [3.63, 3.8) is 0 Å². The van der Waals surface area contributed by atoms with Gasteiger partial charge in [-0.15, -0.1) is 0 Å². The molecule has 0 aliphatic rings. The van der Waals surface area contributed by atoms with Crippen LogP contribution in [-0.4, -0.2) is 17.1 Å². The molecular formula is C14H13FN2O4. The molecule has 0 bridgehead atoms. The predicted octanol–water partition coefficient (Wildman–Crippen LogP) is 2.75. The average Bonchev–Trinajstić information content (AvgIpc) is 2.90. The molecule has 1 heterocycles. The molecule has 0 atom stereocenters. The summed E-state index contributed by atoms with van der Waals surface area (Å²) in [6, 6.07) is 6.28. The van der Waals surface area contributed by atoms with Crippen molar-refractivity contribution < 1.29 is 23.5 Å². The summed E-state index contributed by atoms with van der Waals surface area (Å²) in [6.45, 7) is 1.76. The zero-order valence-electron chi connectivity index (χ0n) is 11.1. The summed E-state index contributed by atoms with van der Waals surface area (Å²) < 4.78 is 18.1. The Hall–Kier alpha value is -2.83. The number of hydrogen-bond acceptors (Lipinski definition) is 3. The fraction of sp³-hybridized carbons (Fsp3) is 0.143. The zero-order chi connectivity index (χ0) is 15.4. The molecule has 1 aromatic carbocycles. The monoisotopic (exact) mass is 292 g/mol. The normalized spacial score (nSPS) is 10.2. The summed E-state index contributed by atoms with van der Waals surface area (Å²) in [5.41, 5.74) is 1.08. The number of hydrogen-bond donors (Lipinski definition) is 3. The topological polar surface area (TPSA) is 91.6 Å². The van der Waals surface area contributed by atoms with Crippen LogP contribution in [0.4, 0.5) is 14.9 Å². The van der Waals surface area contributed by atoms with Gasteiger partial charge >= 0.3 is 12.0 Å². The van der Waals surface area contributed by atoms with Gasteiger partial charge in [-0.3, -0.25) is 0 Å². The second kappa shape index (κ2) is 6.08. The summed E-state index contributed by atoms with van der Waals surface area (Å²) >= 11 is 0. The van der Waals surface area contributed by atoms with Gasteiger partial charge in [-0.25, -0.2) is 14.0 Å². The van der Waals surface area contributed by atoms with Crippen LogP contribution in [0.5, 0.6) is 0 Å². The number of carbonyl (C=O) groups is 2. The highest BCUT2D eigenvalue weighted by atomic mass is 19.1. The Morgan fingerprint density at radius 3 is 2.71 bits per heavy atom. The maximum Gasteiger partial charge on any atom is 0.371 e. The van der Waals surface area contributed by atoms with E-state index in [2.05, 4.69) is 10.6 Å². The molecule has 0 fully saturated rings. The molecule has 1 aromatic heterocycles. The van der Waals surface area contributed by atoms with Crippen LogP contribution in [0.15, 0.2) is 34.7 Å². The van der Waals surface area contributed by atoms with Crippen molar-refractivity contribution in [1.29, 1.82) is 0 Å². The van der Waals surface area contributed by atoms with Gasteiger partial charge in [-0.05, 0) is 36.8 Å². The van der Waals surface area contributed by atoms with Gasteiger partial charge in [0.1, 0.15) is 11.6 Å². The number of aryl methyl sites for hydroxylation is 1. The molecule has 0 spiro atoms. The van der Waals surface area contributed by atoms with Gasteiger partial charge < -0.3 is 20.2 Å². The number of amides is 2. The molecule has 0 aliphatic carbocycles. The summed E-state index contributed by atoms with van der Waals surface area (Å²) in [4.78, 5) is 22.3. The minimum atomic E-state index is -1.18. The number of carboxylic acids is 1. The van der Waals surface area contributed by atoms with Crippen molar-refractivity contribution in [2.24, 2.45) is 0 Å². The number of halogens is 1. The van der Waals surface area contributed by atoms with E-state index < -0.39 is 17.8 Å². The predicted molar refractivity (Wildman–Crippen MR) is 72.7 cm³/mol. The van der Waals surface area contributed by atoms with E-state index in [1.807, 2.05) is 0 Å². The third-order valence-corrected chi connectivity index (χ3v) is 2.74. The first-order valence-corrected chi connectivity index (χ1v) is 6.08. The van der Waals surface area contributed by atoms with Crippen molar-refractivity contribution in [2.45, 2.75) is 13.5 Å². The van der Waals surface area contributed by atoms with Gasteiger partial charge in [0.05, 0.1) is 6.54 Å². The number of carboxylic acid groups (broad SMARTS) is 1. The van der Waals surface area contributed by atoms with Crippen LogP contribution in [-0.2, 0) is 6.54 Å². The number of urea groups is 1. The summed E-state index contributed by atoms with van der Waals surface area (Å²) in [5.74, 6) is -1.53. The molecule has 0 saturated heterocycles. The average molecular weight is 292 g/mol. The Kier molecular flexibility index (Phi) is 4.22. The van der Waals surface area contributed by atoms with Gasteiger partial charge in [0.2, 0.25) is 5.76 Å². The molecule has 2 rings (SSSR count). The second-order valence-electron chi connectivity index (χ2n) is 4.34. The Morgan fingerprint density at radius 2 is 2.05 bits per heavy atom. The number of aromatic carboxylic acids is 1. The Balaban J connectivity index is 1.92. The van der Waals surface area contributed by atoms with Crippen LogP contribution >= 0.6 is 0 Å². The number of rotatable bonds is 4. The molecule has 0 aliphatic heterocycles. The highest BCUT2D eigenvalue weighted by Gasteiger charge is 2.10. The molecule has 0 saturated carbocycles. The quantitative estimate of drug-likeness (QED) is 0.808. The maximum absolute atomic E-state index is 13.1. The van der Waals surface area contributed by atoms with Crippen LogP contribution in [0.3, 0.4) is 0 Å². The van der Waals surface area contributed by atoms with Gasteiger partial charge in [0, 0.05) is 5.69 Å². The van der Waals surface area contributed by atoms with Crippen LogP contribution in [0.25, 0.3) is 0 Å². The van der Waals surface area contributed by atoms with E-state index in [9.17, 15) is 14.0 Å². The van der Waals surface area contributed by atoms with E-state index >= 15 is 0 Å². The molecule has 6 nitrogen and oxygen atoms in total. The SMILES string of the molecule is Cc1ccc(F)cc1NC(=O)NCc1ccc(C(=O)O)o1. The van der Waals surface area contributed by atoms with E-state index in [0.29, 0.717) is 11.4 Å². The minimum Gasteiger partial charge on any atom is -0.475 e. The van der Waals surface area contributed by atoms with Gasteiger partial charge in [-0.2, -0.15) is 0 Å². The molecule has 2 amide bonds. The number of benzene rings is 1. The first-order chi connectivity index (χ1) is 9.95. The smallest absolute Gasteiger partial charge is 0.371 e. The maximum atomic E-state index is 13.1. The minimum absolute atomic E-state index is 0.0213. The van der Waals surface area contributed by atoms with Gasteiger partial charge in [0.15, 0.2) is 0 Å².